The lowest BCUT2D eigenvalue weighted by atomic mass is 10.1. The van der Waals surface area contributed by atoms with Crippen LogP contribution >= 0.6 is 11.3 Å². The second-order valence-electron chi connectivity index (χ2n) is 7.12. The molecule has 5 aromatic rings. The third-order valence-electron chi connectivity index (χ3n) is 4.94. The van der Waals surface area contributed by atoms with Gasteiger partial charge in [0.05, 0.1) is 41.1 Å². The van der Waals surface area contributed by atoms with Crippen molar-refractivity contribution in [1.82, 2.24) is 20.2 Å². The fourth-order valence-corrected chi connectivity index (χ4v) is 5.56. The molecule has 4 heterocycles. The van der Waals surface area contributed by atoms with Crippen LogP contribution in [0.4, 0.5) is 0 Å². The number of nitrogens with one attached hydrogen (secondary N) is 1. The van der Waals surface area contributed by atoms with Gasteiger partial charge in [0.1, 0.15) is 22.6 Å². The Balaban J connectivity index is 1.50. The summed E-state index contributed by atoms with van der Waals surface area (Å²) in [4.78, 5) is 8.50. The quantitative estimate of drug-likeness (QED) is 0.344. The van der Waals surface area contributed by atoms with Crippen LogP contribution in [0.2, 0.25) is 0 Å². The molecule has 5 rings (SSSR count). The van der Waals surface area contributed by atoms with Crippen molar-refractivity contribution < 1.29 is 17.6 Å². The van der Waals surface area contributed by atoms with E-state index in [1.807, 2.05) is 12.1 Å². The molecule has 1 aromatic carbocycles. The van der Waals surface area contributed by atoms with Gasteiger partial charge in [-0.25, -0.2) is 13.4 Å². The van der Waals surface area contributed by atoms with E-state index >= 15 is 0 Å². The number of pyridine rings is 1. The molecule has 0 bridgehead atoms. The first-order chi connectivity index (χ1) is 16.5. The molecule has 0 aliphatic carbocycles. The molecule has 0 spiro atoms. The number of thiazole rings is 1. The first-order valence-corrected chi connectivity index (χ1v) is 12.4. The summed E-state index contributed by atoms with van der Waals surface area (Å²) in [5, 5.41) is 18.6. The normalized spacial score (nSPS) is 11.3. The zero-order valence-corrected chi connectivity index (χ0v) is 19.0. The first kappa shape index (κ1) is 21.6. The summed E-state index contributed by atoms with van der Waals surface area (Å²) < 4.78 is 36.8. The van der Waals surface area contributed by atoms with E-state index < -0.39 is 9.84 Å². The number of H-pyrrole nitrogens is 1. The van der Waals surface area contributed by atoms with Gasteiger partial charge in [0, 0.05) is 34.5 Å². The number of hydrogen-bond donors (Lipinski definition) is 1. The van der Waals surface area contributed by atoms with Gasteiger partial charge in [-0.2, -0.15) is 10.4 Å². The molecule has 34 heavy (non-hydrogen) atoms. The van der Waals surface area contributed by atoms with Gasteiger partial charge in [0.15, 0.2) is 15.6 Å². The maximum atomic E-state index is 12.8. The summed E-state index contributed by atoms with van der Waals surface area (Å²) >= 11 is 1.26. The van der Waals surface area contributed by atoms with Gasteiger partial charge in [-0.3, -0.25) is 10.1 Å². The summed E-state index contributed by atoms with van der Waals surface area (Å²) in [5.74, 6) is 0.349. The molecule has 0 fully saturated rings. The number of sulfone groups is 1. The molecule has 0 aliphatic heterocycles. The van der Waals surface area contributed by atoms with Crippen molar-refractivity contribution in [2.45, 2.75) is 10.6 Å². The Hall–Kier alpha value is -4.27. The first-order valence-electron chi connectivity index (χ1n) is 9.88. The number of benzene rings is 1. The van der Waals surface area contributed by atoms with Gasteiger partial charge in [-0.15, -0.1) is 11.3 Å². The van der Waals surface area contributed by atoms with Crippen molar-refractivity contribution in [3.63, 3.8) is 0 Å². The number of ether oxygens (including phenoxy) is 1. The predicted octanol–water partition coefficient (Wildman–Crippen LogP) is 4.83. The van der Waals surface area contributed by atoms with E-state index in [1.54, 1.807) is 48.8 Å². The van der Waals surface area contributed by atoms with E-state index in [2.05, 4.69) is 20.2 Å². The van der Waals surface area contributed by atoms with Crippen LogP contribution in [0, 0.1) is 11.3 Å². The molecule has 1 N–H and O–H groups in total. The maximum Gasteiger partial charge on any atom is 0.184 e. The molecule has 0 aliphatic rings. The second-order valence-corrected chi connectivity index (χ2v) is 10.1. The number of nitriles is 1. The van der Waals surface area contributed by atoms with E-state index in [1.165, 1.54) is 29.5 Å². The summed E-state index contributed by atoms with van der Waals surface area (Å²) in [5.41, 5.74) is 2.98. The van der Waals surface area contributed by atoms with Crippen LogP contribution in [0.25, 0.3) is 22.4 Å². The lowest BCUT2D eigenvalue weighted by Crippen LogP contribution is -2.05. The molecule has 0 radical (unpaired) electrons. The fourth-order valence-electron chi connectivity index (χ4n) is 3.28. The van der Waals surface area contributed by atoms with E-state index in [4.69, 9.17) is 9.15 Å². The number of aromatic amines is 1. The Morgan fingerprint density at radius 1 is 1.12 bits per heavy atom. The molecule has 4 aromatic heterocycles. The SMILES string of the molecule is N#Cc1cc(S(=O)(=O)Cc2nccs2)ccc1Oc1cnc(-c2cn[nH]c2)cc1-c1ccoc1. The number of furan rings is 1. The van der Waals surface area contributed by atoms with Crippen molar-refractivity contribution in [3.05, 3.63) is 83.6 Å². The van der Waals surface area contributed by atoms with Gasteiger partial charge in [0.2, 0.25) is 0 Å². The number of nitrogens with zero attached hydrogens (tertiary/aromatic N) is 4. The van der Waals surface area contributed by atoms with E-state index in [0.717, 1.165) is 11.1 Å². The molecule has 0 unspecified atom stereocenters. The van der Waals surface area contributed by atoms with Gasteiger partial charge >= 0.3 is 0 Å². The molecule has 168 valence electrons. The van der Waals surface area contributed by atoms with Crippen LogP contribution in [-0.2, 0) is 15.6 Å². The minimum Gasteiger partial charge on any atom is -0.472 e. The summed E-state index contributed by atoms with van der Waals surface area (Å²) in [6.45, 7) is 0. The van der Waals surface area contributed by atoms with Crippen molar-refractivity contribution in [2.24, 2.45) is 0 Å². The Kier molecular flexibility index (Phi) is 5.67. The third-order valence-corrected chi connectivity index (χ3v) is 7.53. The van der Waals surface area contributed by atoms with Gasteiger partial charge < -0.3 is 9.15 Å². The second kappa shape index (κ2) is 8.93. The van der Waals surface area contributed by atoms with Crippen LogP contribution in [0.15, 0.2) is 82.3 Å². The summed E-state index contributed by atoms with van der Waals surface area (Å²) in [6, 6.07) is 9.82. The van der Waals surface area contributed by atoms with Gasteiger partial charge in [0.25, 0.3) is 0 Å². The molecule has 0 saturated carbocycles. The van der Waals surface area contributed by atoms with E-state index in [0.29, 0.717) is 22.0 Å². The molecule has 9 nitrogen and oxygen atoms in total. The Morgan fingerprint density at radius 3 is 2.74 bits per heavy atom. The molecule has 0 atom stereocenters. The highest BCUT2D eigenvalue weighted by Gasteiger charge is 2.20. The number of aromatic nitrogens is 4. The Labute approximate surface area is 198 Å². The van der Waals surface area contributed by atoms with Crippen LogP contribution in [0.5, 0.6) is 11.5 Å². The van der Waals surface area contributed by atoms with Gasteiger partial charge in [-0.05, 0) is 30.3 Å². The van der Waals surface area contributed by atoms with E-state index in [-0.39, 0.29) is 22.0 Å². The average Bonchev–Trinajstić information content (AvgIpc) is 3.63. The lowest BCUT2D eigenvalue weighted by Gasteiger charge is -2.13. The van der Waals surface area contributed by atoms with E-state index in [9.17, 15) is 13.7 Å². The molecular weight excluding hydrogens is 474 g/mol. The van der Waals surface area contributed by atoms with Crippen LogP contribution < -0.4 is 4.74 Å². The highest BCUT2D eigenvalue weighted by Crippen LogP contribution is 2.37. The topological polar surface area (TPSA) is 135 Å². The zero-order chi connectivity index (χ0) is 23.5. The van der Waals surface area contributed by atoms with Crippen molar-refractivity contribution in [1.29, 1.82) is 5.26 Å². The Morgan fingerprint density at radius 2 is 2.03 bits per heavy atom. The summed E-state index contributed by atoms with van der Waals surface area (Å²) in [6.07, 6.45) is 9.58. The van der Waals surface area contributed by atoms with Crippen molar-refractivity contribution >= 4 is 21.2 Å². The van der Waals surface area contributed by atoms with Crippen LogP contribution in [0.1, 0.15) is 10.6 Å². The van der Waals surface area contributed by atoms with Crippen molar-refractivity contribution in [3.8, 4) is 40.0 Å². The molecular formula is C23H15N5O4S2. The maximum absolute atomic E-state index is 12.8. The fraction of sp³-hybridized carbons (Fsp3) is 0.0435. The van der Waals surface area contributed by atoms with Crippen molar-refractivity contribution in [2.75, 3.05) is 0 Å². The number of hydrogen-bond acceptors (Lipinski definition) is 9. The monoisotopic (exact) mass is 489 g/mol. The molecule has 11 heteroatoms. The molecule has 0 saturated heterocycles. The smallest absolute Gasteiger partial charge is 0.184 e. The lowest BCUT2D eigenvalue weighted by molar-refractivity contribution is 0.480. The van der Waals surface area contributed by atoms with Gasteiger partial charge in [-0.1, -0.05) is 0 Å². The van der Waals surface area contributed by atoms with Crippen LogP contribution in [0.3, 0.4) is 0 Å². The Bertz CT molecular complexity index is 1570. The largest absolute Gasteiger partial charge is 0.472 e. The standard InChI is InChI=1S/C23H15N5O4S2/c24-9-16-7-18(34(29,30)14-23-25-4-6-33-23)1-2-21(16)32-22-12-26-20(17-10-27-28-11-17)8-19(22)15-3-5-31-13-15/h1-8,10-13H,14H2,(H,27,28). The van der Waals surface area contributed by atoms with Crippen LogP contribution in [-0.4, -0.2) is 28.6 Å². The average molecular weight is 490 g/mol. The minimum atomic E-state index is -3.67. The zero-order valence-electron chi connectivity index (χ0n) is 17.4. The number of rotatable bonds is 7. The summed E-state index contributed by atoms with van der Waals surface area (Å²) in [7, 11) is -3.67. The highest BCUT2D eigenvalue weighted by atomic mass is 32.2. The highest BCUT2D eigenvalue weighted by molar-refractivity contribution is 7.90. The minimum absolute atomic E-state index is 0.0232. The predicted molar refractivity (Wildman–Crippen MR) is 124 cm³/mol. The third kappa shape index (κ3) is 4.32. The molecule has 0 amide bonds.